The van der Waals surface area contributed by atoms with Crippen LogP contribution in [0.25, 0.3) is 0 Å². The number of hydrogen-bond acceptors (Lipinski definition) is 0. The van der Waals surface area contributed by atoms with E-state index >= 15 is 0 Å². The van der Waals surface area contributed by atoms with Crippen molar-refractivity contribution in [1.29, 1.82) is 0 Å². The molecule has 1 atom stereocenters. The number of benzene rings is 2. The number of halogens is 4. The first-order valence-electron chi connectivity index (χ1n) is 5.85. The van der Waals surface area contributed by atoms with Gasteiger partial charge in [-0.25, -0.2) is 8.78 Å². The predicted octanol–water partition coefficient (Wildman–Crippen LogP) is 5.18. The second-order valence-corrected chi connectivity index (χ2v) is 5.13. The highest BCUT2D eigenvalue weighted by Gasteiger charge is 2.12. The van der Waals surface area contributed by atoms with E-state index in [1.165, 1.54) is 12.1 Å². The van der Waals surface area contributed by atoms with Crippen LogP contribution < -0.4 is 0 Å². The zero-order valence-corrected chi connectivity index (χ0v) is 11.6. The third-order valence-electron chi connectivity index (χ3n) is 2.93. The van der Waals surface area contributed by atoms with E-state index < -0.39 is 11.6 Å². The lowest BCUT2D eigenvalue weighted by Crippen LogP contribution is -2.05. The quantitative estimate of drug-likeness (QED) is 0.682. The Labute approximate surface area is 121 Å². The molecule has 0 bridgehead atoms. The molecule has 0 saturated carbocycles. The van der Waals surface area contributed by atoms with E-state index in [2.05, 4.69) is 0 Å². The largest absolute Gasteiger partial charge is 0.207 e. The molecule has 2 aromatic rings. The lowest BCUT2D eigenvalue weighted by atomic mass is 9.93. The van der Waals surface area contributed by atoms with Gasteiger partial charge in [-0.05, 0) is 41.8 Å². The van der Waals surface area contributed by atoms with Crippen LogP contribution in [0.3, 0.4) is 0 Å². The topological polar surface area (TPSA) is 0 Å². The molecule has 0 fully saturated rings. The lowest BCUT2D eigenvalue weighted by molar-refractivity contribution is 0.577. The Morgan fingerprint density at radius 3 is 2.05 bits per heavy atom. The summed E-state index contributed by atoms with van der Waals surface area (Å²) in [5.41, 5.74) is 1.60. The first-order valence-corrected chi connectivity index (χ1v) is 6.76. The summed E-state index contributed by atoms with van der Waals surface area (Å²) < 4.78 is 26.3. The first kappa shape index (κ1) is 14.3. The minimum atomic E-state index is -0.570. The van der Waals surface area contributed by atoms with Gasteiger partial charge in [0.1, 0.15) is 11.6 Å². The monoisotopic (exact) mass is 300 g/mol. The molecule has 2 rings (SSSR count). The maximum atomic E-state index is 13.1. The smallest absolute Gasteiger partial charge is 0.126 e. The van der Waals surface area contributed by atoms with E-state index in [1.807, 2.05) is 12.1 Å². The normalized spacial score (nSPS) is 12.4. The van der Waals surface area contributed by atoms with Gasteiger partial charge in [0.15, 0.2) is 0 Å². The molecule has 0 N–H and O–H groups in total. The van der Waals surface area contributed by atoms with Crippen molar-refractivity contribution in [1.82, 2.24) is 0 Å². The fraction of sp³-hybridized carbons (Fsp3) is 0.200. The zero-order valence-electron chi connectivity index (χ0n) is 10.0. The average molecular weight is 301 g/mol. The van der Waals surface area contributed by atoms with Crippen LogP contribution in [0.1, 0.15) is 17.0 Å². The molecule has 0 heterocycles. The standard InChI is InChI=1S/C15H12Cl2F2/c16-9-12(11-1-3-13(17)4-2-11)5-10-6-14(18)8-15(19)7-10/h1-4,6-8,12H,5,9H2. The van der Waals surface area contributed by atoms with Crippen molar-refractivity contribution in [3.05, 3.63) is 70.2 Å². The average Bonchev–Trinajstić information content (AvgIpc) is 2.36. The number of hydrogen-bond donors (Lipinski definition) is 0. The second-order valence-electron chi connectivity index (χ2n) is 4.38. The molecule has 0 spiro atoms. The molecule has 0 aliphatic rings. The zero-order chi connectivity index (χ0) is 13.8. The van der Waals surface area contributed by atoms with Gasteiger partial charge in [-0.15, -0.1) is 11.6 Å². The van der Waals surface area contributed by atoms with Crippen LogP contribution in [0.15, 0.2) is 42.5 Å². The van der Waals surface area contributed by atoms with E-state index in [-0.39, 0.29) is 5.92 Å². The Hall–Kier alpha value is -1.12. The maximum Gasteiger partial charge on any atom is 0.126 e. The third-order valence-corrected chi connectivity index (χ3v) is 3.56. The van der Waals surface area contributed by atoms with Crippen LogP contribution >= 0.6 is 23.2 Å². The molecule has 0 aromatic heterocycles. The molecule has 2 aromatic carbocycles. The minimum absolute atomic E-state index is 0.000123. The highest BCUT2D eigenvalue weighted by molar-refractivity contribution is 6.30. The molecule has 4 heteroatoms. The van der Waals surface area contributed by atoms with Gasteiger partial charge in [0.2, 0.25) is 0 Å². The Bertz CT molecular complexity index is 532. The lowest BCUT2D eigenvalue weighted by Gasteiger charge is -2.14. The van der Waals surface area contributed by atoms with Crippen LogP contribution in [-0.2, 0) is 6.42 Å². The van der Waals surface area contributed by atoms with E-state index in [9.17, 15) is 8.78 Å². The Kier molecular flexibility index (Phi) is 4.78. The molecule has 0 amide bonds. The molecule has 100 valence electrons. The summed E-state index contributed by atoms with van der Waals surface area (Å²) in [6, 6.07) is 10.8. The maximum absolute atomic E-state index is 13.1. The second kappa shape index (κ2) is 6.36. The van der Waals surface area contributed by atoms with Gasteiger partial charge >= 0.3 is 0 Å². The molecule has 0 radical (unpaired) electrons. The summed E-state index contributed by atoms with van der Waals surface area (Å²) in [5, 5.41) is 0.647. The fourth-order valence-corrected chi connectivity index (χ4v) is 2.42. The van der Waals surface area contributed by atoms with Gasteiger partial charge in [0, 0.05) is 22.9 Å². The highest BCUT2D eigenvalue weighted by atomic mass is 35.5. The molecule has 0 aliphatic carbocycles. The van der Waals surface area contributed by atoms with Crippen molar-refractivity contribution in [3.8, 4) is 0 Å². The van der Waals surface area contributed by atoms with E-state index in [4.69, 9.17) is 23.2 Å². The van der Waals surface area contributed by atoms with Crippen molar-refractivity contribution in [2.24, 2.45) is 0 Å². The van der Waals surface area contributed by atoms with Crippen LogP contribution in [0, 0.1) is 11.6 Å². The third kappa shape index (κ3) is 3.92. The van der Waals surface area contributed by atoms with E-state index in [0.717, 1.165) is 11.6 Å². The van der Waals surface area contributed by atoms with Gasteiger partial charge in [-0.2, -0.15) is 0 Å². The van der Waals surface area contributed by atoms with Crippen molar-refractivity contribution in [2.45, 2.75) is 12.3 Å². The SMILES string of the molecule is Fc1cc(F)cc(CC(CCl)c2ccc(Cl)cc2)c1. The molecule has 0 nitrogen and oxygen atoms in total. The number of alkyl halides is 1. The first-order chi connectivity index (χ1) is 9.08. The van der Waals surface area contributed by atoms with Crippen LogP contribution in [0.2, 0.25) is 5.02 Å². The van der Waals surface area contributed by atoms with Gasteiger partial charge < -0.3 is 0 Å². The summed E-state index contributed by atoms with van der Waals surface area (Å²) >= 11 is 11.8. The van der Waals surface area contributed by atoms with Gasteiger partial charge in [-0.3, -0.25) is 0 Å². The molecule has 0 aliphatic heterocycles. The van der Waals surface area contributed by atoms with Crippen LogP contribution in [0.5, 0.6) is 0 Å². The van der Waals surface area contributed by atoms with Crippen molar-refractivity contribution < 1.29 is 8.78 Å². The molecule has 1 unspecified atom stereocenters. The highest BCUT2D eigenvalue weighted by Crippen LogP contribution is 2.24. The molecule has 0 saturated heterocycles. The molecular formula is C15H12Cl2F2. The number of rotatable bonds is 4. The van der Waals surface area contributed by atoms with Gasteiger partial charge in [0.05, 0.1) is 0 Å². The van der Waals surface area contributed by atoms with Gasteiger partial charge in [0.25, 0.3) is 0 Å². The molecule has 19 heavy (non-hydrogen) atoms. The Morgan fingerprint density at radius 1 is 0.947 bits per heavy atom. The molecular weight excluding hydrogens is 289 g/mol. The van der Waals surface area contributed by atoms with E-state index in [1.54, 1.807) is 12.1 Å². The summed E-state index contributed by atoms with van der Waals surface area (Å²) in [7, 11) is 0. The summed E-state index contributed by atoms with van der Waals surface area (Å²) in [5.74, 6) is -0.765. The summed E-state index contributed by atoms with van der Waals surface area (Å²) in [6.07, 6.45) is 0.486. The summed E-state index contributed by atoms with van der Waals surface area (Å²) in [6.45, 7) is 0. The van der Waals surface area contributed by atoms with Crippen molar-refractivity contribution in [2.75, 3.05) is 5.88 Å². The van der Waals surface area contributed by atoms with Crippen LogP contribution in [0.4, 0.5) is 8.78 Å². The fourth-order valence-electron chi connectivity index (χ4n) is 2.01. The summed E-state index contributed by atoms with van der Waals surface area (Å²) in [4.78, 5) is 0. The minimum Gasteiger partial charge on any atom is -0.207 e. The van der Waals surface area contributed by atoms with Crippen molar-refractivity contribution in [3.63, 3.8) is 0 Å². The Morgan fingerprint density at radius 2 is 1.53 bits per heavy atom. The van der Waals surface area contributed by atoms with E-state index in [0.29, 0.717) is 22.9 Å². The van der Waals surface area contributed by atoms with Gasteiger partial charge in [-0.1, -0.05) is 23.7 Å². The van der Waals surface area contributed by atoms with Crippen molar-refractivity contribution >= 4 is 23.2 Å². The van der Waals surface area contributed by atoms with Crippen LogP contribution in [-0.4, -0.2) is 5.88 Å². The Balaban J connectivity index is 2.21. The predicted molar refractivity (Wildman–Crippen MR) is 75.0 cm³/mol.